The zero-order chi connectivity index (χ0) is 21.2. The van der Waals surface area contributed by atoms with Crippen LogP contribution in [0.2, 0.25) is 0 Å². The van der Waals surface area contributed by atoms with Gasteiger partial charge < -0.3 is 10.2 Å². The molecule has 156 valence electrons. The molecule has 0 spiro atoms. The molecule has 0 saturated carbocycles. The molecule has 1 aromatic carbocycles. The van der Waals surface area contributed by atoms with Crippen LogP contribution in [0.3, 0.4) is 0 Å². The monoisotopic (exact) mass is 412 g/mol. The van der Waals surface area contributed by atoms with Gasteiger partial charge in [0.25, 0.3) is 11.8 Å². The summed E-state index contributed by atoms with van der Waals surface area (Å²) < 4.78 is 0. The fraction of sp³-hybridized carbons (Fsp3) is 0.500. The Balaban J connectivity index is 1.99. The van der Waals surface area contributed by atoms with E-state index in [-0.39, 0.29) is 17.2 Å². The van der Waals surface area contributed by atoms with Crippen molar-refractivity contribution < 1.29 is 9.59 Å². The van der Waals surface area contributed by atoms with Gasteiger partial charge in [-0.15, -0.1) is 11.3 Å². The highest BCUT2D eigenvalue weighted by Gasteiger charge is 2.34. The van der Waals surface area contributed by atoms with Crippen molar-refractivity contribution in [1.82, 2.24) is 4.90 Å². The van der Waals surface area contributed by atoms with Crippen molar-refractivity contribution >= 4 is 28.2 Å². The lowest BCUT2D eigenvalue weighted by Crippen LogP contribution is -2.32. The first-order valence-corrected chi connectivity index (χ1v) is 11.4. The molecule has 1 aliphatic carbocycles. The molecule has 1 unspecified atom stereocenters. The molecule has 0 bridgehead atoms. The summed E-state index contributed by atoms with van der Waals surface area (Å²) in [5.41, 5.74) is 2.70. The van der Waals surface area contributed by atoms with E-state index in [2.05, 4.69) is 26.1 Å². The van der Waals surface area contributed by atoms with Gasteiger partial charge in [-0.3, -0.25) is 9.59 Å². The molecule has 0 radical (unpaired) electrons. The zero-order valence-corrected chi connectivity index (χ0v) is 19.0. The van der Waals surface area contributed by atoms with Gasteiger partial charge in [-0.25, -0.2) is 0 Å². The lowest BCUT2D eigenvalue weighted by Gasteiger charge is -2.34. The van der Waals surface area contributed by atoms with Crippen LogP contribution >= 0.6 is 11.3 Å². The molecule has 0 aliphatic heterocycles. The molecule has 2 amide bonds. The Hall–Kier alpha value is -2.14. The first kappa shape index (κ1) is 21.6. The SMILES string of the molecule is CCN(CC)C(=O)c1c(NC(=O)c2ccccc2)sc2c1CCC(C(C)(C)C)C2. The Kier molecular flexibility index (Phi) is 6.47. The van der Waals surface area contributed by atoms with Gasteiger partial charge in [0.2, 0.25) is 0 Å². The van der Waals surface area contributed by atoms with E-state index in [0.717, 1.165) is 24.8 Å². The third-order valence-electron chi connectivity index (χ3n) is 6.02. The molecule has 5 heteroatoms. The van der Waals surface area contributed by atoms with Crippen molar-refractivity contribution in [2.75, 3.05) is 18.4 Å². The summed E-state index contributed by atoms with van der Waals surface area (Å²) in [4.78, 5) is 29.2. The van der Waals surface area contributed by atoms with Gasteiger partial charge in [0.1, 0.15) is 5.00 Å². The summed E-state index contributed by atoms with van der Waals surface area (Å²) in [5, 5.41) is 3.76. The van der Waals surface area contributed by atoms with Crippen molar-refractivity contribution in [3.8, 4) is 0 Å². The smallest absolute Gasteiger partial charge is 0.257 e. The average Bonchev–Trinajstić information content (AvgIpc) is 3.05. The number of fused-ring (bicyclic) bond motifs is 1. The van der Waals surface area contributed by atoms with Crippen LogP contribution in [0.1, 0.15) is 72.2 Å². The highest BCUT2D eigenvalue weighted by molar-refractivity contribution is 7.17. The number of carbonyl (C=O) groups excluding carboxylic acids is 2. The summed E-state index contributed by atoms with van der Waals surface area (Å²) in [5.74, 6) is 0.456. The minimum atomic E-state index is -0.162. The van der Waals surface area contributed by atoms with Gasteiger partial charge in [0, 0.05) is 23.5 Å². The molecule has 1 heterocycles. The van der Waals surface area contributed by atoms with Crippen LogP contribution in [0, 0.1) is 11.3 Å². The molecule has 2 aromatic rings. The molecule has 1 atom stereocenters. The summed E-state index contributed by atoms with van der Waals surface area (Å²) in [6.07, 6.45) is 2.96. The molecule has 4 nitrogen and oxygen atoms in total. The second-order valence-corrected chi connectivity index (χ2v) is 9.92. The molecule has 0 saturated heterocycles. The first-order valence-electron chi connectivity index (χ1n) is 10.6. The molecular formula is C24H32N2O2S. The normalized spacial score (nSPS) is 16.2. The predicted molar refractivity (Wildman–Crippen MR) is 121 cm³/mol. The minimum Gasteiger partial charge on any atom is -0.339 e. The molecular weight excluding hydrogens is 380 g/mol. The van der Waals surface area contributed by atoms with Gasteiger partial charge in [0.05, 0.1) is 5.56 Å². The summed E-state index contributed by atoms with van der Waals surface area (Å²) in [7, 11) is 0. The number of nitrogens with one attached hydrogen (secondary N) is 1. The number of hydrogen-bond donors (Lipinski definition) is 1. The van der Waals surface area contributed by atoms with Crippen molar-refractivity contribution in [2.45, 2.75) is 53.9 Å². The maximum Gasteiger partial charge on any atom is 0.257 e. The number of nitrogens with zero attached hydrogens (tertiary/aromatic N) is 1. The van der Waals surface area contributed by atoms with Crippen LogP contribution in [0.5, 0.6) is 0 Å². The first-order chi connectivity index (χ1) is 13.8. The Bertz CT molecular complexity index is 876. The molecule has 29 heavy (non-hydrogen) atoms. The standard InChI is InChI=1S/C24H32N2O2S/c1-6-26(7-2)23(28)20-18-14-13-17(24(3,4)5)15-19(18)29-22(20)25-21(27)16-11-9-8-10-12-16/h8-12,17H,6-7,13-15H2,1-5H3,(H,25,27). The zero-order valence-electron chi connectivity index (χ0n) is 18.2. The number of hydrogen-bond acceptors (Lipinski definition) is 3. The molecule has 0 fully saturated rings. The Morgan fingerprint density at radius 1 is 1.14 bits per heavy atom. The van der Waals surface area contributed by atoms with Crippen LogP contribution in [0.15, 0.2) is 30.3 Å². The van der Waals surface area contributed by atoms with Crippen LogP contribution < -0.4 is 5.32 Å². The molecule has 3 rings (SSSR count). The van der Waals surface area contributed by atoms with Crippen molar-refractivity contribution in [2.24, 2.45) is 11.3 Å². The highest BCUT2D eigenvalue weighted by atomic mass is 32.1. The van der Waals surface area contributed by atoms with E-state index in [9.17, 15) is 9.59 Å². The van der Waals surface area contributed by atoms with E-state index in [1.165, 1.54) is 4.88 Å². The van der Waals surface area contributed by atoms with Gasteiger partial charge in [-0.05, 0) is 62.1 Å². The molecule has 1 aromatic heterocycles. The second-order valence-electron chi connectivity index (χ2n) is 8.81. The molecule has 1 aliphatic rings. The number of amides is 2. The van der Waals surface area contributed by atoms with Crippen molar-refractivity contribution in [3.63, 3.8) is 0 Å². The summed E-state index contributed by atoms with van der Waals surface area (Å²) in [6.45, 7) is 12.2. The number of carbonyl (C=O) groups is 2. The fourth-order valence-corrected chi connectivity index (χ4v) is 5.39. The maximum absolute atomic E-state index is 13.3. The van der Waals surface area contributed by atoms with E-state index in [1.54, 1.807) is 23.5 Å². The maximum atomic E-state index is 13.3. The number of benzene rings is 1. The van der Waals surface area contributed by atoms with Gasteiger partial charge in [-0.1, -0.05) is 39.0 Å². The Labute approximate surface area is 178 Å². The van der Waals surface area contributed by atoms with E-state index >= 15 is 0 Å². The van der Waals surface area contributed by atoms with Crippen LogP contribution in [0.4, 0.5) is 5.00 Å². The summed E-state index contributed by atoms with van der Waals surface area (Å²) >= 11 is 1.59. The van der Waals surface area contributed by atoms with Crippen LogP contribution in [-0.4, -0.2) is 29.8 Å². The Morgan fingerprint density at radius 2 is 1.79 bits per heavy atom. The third-order valence-corrected chi connectivity index (χ3v) is 7.19. The van der Waals surface area contributed by atoms with Gasteiger partial charge in [-0.2, -0.15) is 0 Å². The topological polar surface area (TPSA) is 49.4 Å². The van der Waals surface area contributed by atoms with Crippen molar-refractivity contribution in [3.05, 3.63) is 51.9 Å². The van der Waals surface area contributed by atoms with Crippen LogP contribution in [-0.2, 0) is 12.8 Å². The van der Waals surface area contributed by atoms with Crippen LogP contribution in [0.25, 0.3) is 0 Å². The largest absolute Gasteiger partial charge is 0.339 e. The lowest BCUT2D eigenvalue weighted by molar-refractivity contribution is 0.0772. The number of thiophene rings is 1. The van der Waals surface area contributed by atoms with E-state index in [0.29, 0.717) is 35.1 Å². The average molecular weight is 413 g/mol. The van der Waals surface area contributed by atoms with E-state index in [1.807, 2.05) is 36.9 Å². The number of rotatable bonds is 5. The van der Waals surface area contributed by atoms with E-state index < -0.39 is 0 Å². The second kappa shape index (κ2) is 8.70. The lowest BCUT2D eigenvalue weighted by atomic mass is 9.72. The quantitative estimate of drug-likeness (QED) is 0.691. The molecule has 1 N–H and O–H groups in total. The number of anilines is 1. The van der Waals surface area contributed by atoms with Gasteiger partial charge >= 0.3 is 0 Å². The third kappa shape index (κ3) is 4.55. The Morgan fingerprint density at radius 3 is 2.38 bits per heavy atom. The van der Waals surface area contributed by atoms with Crippen molar-refractivity contribution in [1.29, 1.82) is 0 Å². The fourth-order valence-electron chi connectivity index (χ4n) is 4.07. The van der Waals surface area contributed by atoms with Gasteiger partial charge in [0.15, 0.2) is 0 Å². The minimum absolute atomic E-state index is 0.0325. The van der Waals surface area contributed by atoms with E-state index in [4.69, 9.17) is 0 Å². The highest BCUT2D eigenvalue weighted by Crippen LogP contribution is 2.44. The predicted octanol–water partition coefficient (Wildman–Crippen LogP) is 5.63. The summed E-state index contributed by atoms with van der Waals surface area (Å²) in [6, 6.07) is 9.19.